The molecule has 2 aromatic rings. The molecular weight excluding hydrogens is 376 g/mol. The number of carbonyl (C=O) groups excluding carboxylic acids is 3. The number of nitrogens with one attached hydrogen (secondary N) is 1. The summed E-state index contributed by atoms with van der Waals surface area (Å²) in [6.07, 6.45) is 0. The third-order valence-electron chi connectivity index (χ3n) is 3.30. The van der Waals surface area contributed by atoms with Gasteiger partial charge in [-0.05, 0) is 30.3 Å². The number of para-hydroxylation sites is 1. The lowest BCUT2D eigenvalue weighted by atomic mass is 10.2. The third-order valence-corrected chi connectivity index (χ3v) is 3.53. The van der Waals surface area contributed by atoms with Gasteiger partial charge in [0, 0.05) is 5.02 Å². The van der Waals surface area contributed by atoms with Crippen molar-refractivity contribution < 1.29 is 28.6 Å². The molecule has 0 aliphatic heterocycles. The van der Waals surface area contributed by atoms with Crippen LogP contribution in [0.4, 0.5) is 5.69 Å². The molecule has 27 heavy (non-hydrogen) atoms. The molecule has 8 nitrogen and oxygen atoms in total. The van der Waals surface area contributed by atoms with Crippen molar-refractivity contribution in [3.05, 3.63) is 53.1 Å². The van der Waals surface area contributed by atoms with Crippen LogP contribution in [0.15, 0.2) is 42.5 Å². The van der Waals surface area contributed by atoms with Crippen molar-refractivity contribution in [1.29, 1.82) is 0 Å². The fourth-order valence-corrected chi connectivity index (χ4v) is 2.26. The van der Waals surface area contributed by atoms with Crippen molar-refractivity contribution in [2.45, 2.75) is 0 Å². The molecular formula is C18H17ClN2O6. The van der Waals surface area contributed by atoms with E-state index in [1.807, 2.05) is 0 Å². The Balaban J connectivity index is 1.85. The first kappa shape index (κ1) is 20.1. The molecule has 0 radical (unpaired) electrons. The number of carbonyl (C=O) groups is 3. The largest absolute Gasteiger partial charge is 0.495 e. The zero-order valence-electron chi connectivity index (χ0n) is 14.4. The summed E-state index contributed by atoms with van der Waals surface area (Å²) in [7, 11) is 1.44. The van der Waals surface area contributed by atoms with Crippen LogP contribution in [0.25, 0.3) is 0 Å². The van der Waals surface area contributed by atoms with E-state index in [2.05, 4.69) is 5.32 Å². The quantitative estimate of drug-likeness (QED) is 0.663. The number of benzene rings is 2. The van der Waals surface area contributed by atoms with E-state index in [4.69, 9.17) is 31.5 Å². The molecule has 9 heteroatoms. The second kappa shape index (κ2) is 9.44. The SMILES string of the molecule is COc1ccc(Cl)cc1NC(=O)COC(=O)COc1ccccc1C(N)=O. The molecule has 0 saturated heterocycles. The standard InChI is InChI=1S/C18H17ClN2O6/c1-25-15-7-6-11(19)8-13(15)21-16(22)9-27-17(23)10-26-14-5-3-2-4-12(14)18(20)24/h2-8H,9-10H2,1H3,(H2,20,24)(H,21,22). The summed E-state index contributed by atoms with van der Waals surface area (Å²) in [6.45, 7) is -1.02. The number of hydrogen-bond acceptors (Lipinski definition) is 6. The smallest absolute Gasteiger partial charge is 0.344 e. The van der Waals surface area contributed by atoms with Gasteiger partial charge in [0.15, 0.2) is 13.2 Å². The molecule has 0 aliphatic rings. The van der Waals surface area contributed by atoms with Gasteiger partial charge in [-0.3, -0.25) is 9.59 Å². The van der Waals surface area contributed by atoms with E-state index in [1.165, 1.54) is 25.3 Å². The minimum Gasteiger partial charge on any atom is -0.495 e. The number of primary amides is 1. The molecule has 0 saturated carbocycles. The Bertz CT molecular complexity index is 855. The molecule has 2 amide bonds. The second-order valence-corrected chi connectivity index (χ2v) is 5.64. The van der Waals surface area contributed by atoms with Gasteiger partial charge in [0.05, 0.1) is 18.4 Å². The molecule has 0 heterocycles. The van der Waals surface area contributed by atoms with Crippen LogP contribution in [0.5, 0.6) is 11.5 Å². The van der Waals surface area contributed by atoms with Crippen molar-refractivity contribution in [2.75, 3.05) is 25.6 Å². The highest BCUT2D eigenvalue weighted by Gasteiger charge is 2.13. The lowest BCUT2D eigenvalue weighted by Crippen LogP contribution is -2.24. The van der Waals surface area contributed by atoms with Gasteiger partial charge in [-0.25, -0.2) is 4.79 Å². The number of amides is 2. The molecule has 2 rings (SSSR count). The van der Waals surface area contributed by atoms with Crippen LogP contribution in [0, 0.1) is 0 Å². The number of nitrogens with two attached hydrogens (primary N) is 1. The fraction of sp³-hybridized carbons (Fsp3) is 0.167. The van der Waals surface area contributed by atoms with Gasteiger partial charge in [-0.15, -0.1) is 0 Å². The molecule has 0 unspecified atom stereocenters. The zero-order valence-corrected chi connectivity index (χ0v) is 15.1. The van der Waals surface area contributed by atoms with Gasteiger partial charge in [0.2, 0.25) is 0 Å². The molecule has 3 N–H and O–H groups in total. The molecule has 0 aromatic heterocycles. The summed E-state index contributed by atoms with van der Waals surface area (Å²) < 4.78 is 15.2. The van der Waals surface area contributed by atoms with Crippen LogP contribution >= 0.6 is 11.6 Å². The van der Waals surface area contributed by atoms with E-state index in [-0.39, 0.29) is 11.3 Å². The Labute approximate surface area is 160 Å². The lowest BCUT2D eigenvalue weighted by Gasteiger charge is -2.11. The van der Waals surface area contributed by atoms with Crippen LogP contribution < -0.4 is 20.5 Å². The molecule has 0 bridgehead atoms. The van der Waals surface area contributed by atoms with Gasteiger partial charge in [-0.1, -0.05) is 23.7 Å². The normalized spacial score (nSPS) is 10.0. The van der Waals surface area contributed by atoms with E-state index in [1.54, 1.807) is 24.3 Å². The second-order valence-electron chi connectivity index (χ2n) is 5.20. The van der Waals surface area contributed by atoms with E-state index in [9.17, 15) is 14.4 Å². The van der Waals surface area contributed by atoms with E-state index in [0.29, 0.717) is 16.5 Å². The number of methoxy groups -OCH3 is 1. The Morgan fingerprint density at radius 2 is 1.81 bits per heavy atom. The maximum atomic E-state index is 11.9. The van der Waals surface area contributed by atoms with Crippen LogP contribution in [-0.4, -0.2) is 38.1 Å². The van der Waals surface area contributed by atoms with Gasteiger partial charge >= 0.3 is 5.97 Å². The van der Waals surface area contributed by atoms with E-state index >= 15 is 0 Å². The summed E-state index contributed by atoms with van der Waals surface area (Å²) >= 11 is 5.88. The number of anilines is 1. The van der Waals surface area contributed by atoms with Crippen molar-refractivity contribution in [1.82, 2.24) is 0 Å². The number of hydrogen-bond donors (Lipinski definition) is 2. The Hall–Kier alpha value is -3.26. The number of halogens is 1. The monoisotopic (exact) mass is 392 g/mol. The maximum absolute atomic E-state index is 11.9. The molecule has 0 spiro atoms. The molecule has 2 aromatic carbocycles. The summed E-state index contributed by atoms with van der Waals surface area (Å²) in [5.41, 5.74) is 5.70. The highest BCUT2D eigenvalue weighted by molar-refractivity contribution is 6.31. The topological polar surface area (TPSA) is 117 Å². The summed E-state index contributed by atoms with van der Waals surface area (Å²) in [6, 6.07) is 10.9. The van der Waals surface area contributed by atoms with Crippen LogP contribution in [0.3, 0.4) is 0 Å². The molecule has 142 valence electrons. The number of ether oxygens (including phenoxy) is 3. The van der Waals surface area contributed by atoms with Crippen molar-refractivity contribution in [2.24, 2.45) is 5.73 Å². The lowest BCUT2D eigenvalue weighted by molar-refractivity contribution is -0.149. The average Bonchev–Trinajstić information content (AvgIpc) is 2.65. The van der Waals surface area contributed by atoms with Crippen molar-refractivity contribution >= 4 is 35.1 Å². The van der Waals surface area contributed by atoms with Gasteiger partial charge in [-0.2, -0.15) is 0 Å². The zero-order chi connectivity index (χ0) is 19.8. The fourth-order valence-electron chi connectivity index (χ4n) is 2.08. The van der Waals surface area contributed by atoms with Crippen LogP contribution in [0.1, 0.15) is 10.4 Å². The Morgan fingerprint density at radius 3 is 2.52 bits per heavy atom. The van der Waals surface area contributed by atoms with Crippen LogP contribution in [-0.2, 0) is 14.3 Å². The predicted octanol–water partition coefficient (Wildman–Crippen LogP) is 2.01. The first-order valence-corrected chi connectivity index (χ1v) is 8.09. The summed E-state index contributed by atoms with van der Waals surface area (Å²) in [4.78, 5) is 35.0. The summed E-state index contributed by atoms with van der Waals surface area (Å²) in [5.74, 6) is -1.50. The molecule has 0 aliphatic carbocycles. The number of rotatable bonds is 8. The maximum Gasteiger partial charge on any atom is 0.344 e. The number of esters is 1. The van der Waals surface area contributed by atoms with E-state index < -0.39 is 31.0 Å². The Morgan fingerprint density at radius 1 is 1.07 bits per heavy atom. The third kappa shape index (κ3) is 5.89. The van der Waals surface area contributed by atoms with Crippen molar-refractivity contribution in [3.63, 3.8) is 0 Å². The van der Waals surface area contributed by atoms with Gasteiger partial charge in [0.25, 0.3) is 11.8 Å². The van der Waals surface area contributed by atoms with E-state index in [0.717, 1.165) is 0 Å². The minimum atomic E-state index is -0.789. The summed E-state index contributed by atoms with van der Waals surface area (Å²) in [5, 5.41) is 2.93. The first-order chi connectivity index (χ1) is 12.9. The van der Waals surface area contributed by atoms with Crippen LogP contribution in [0.2, 0.25) is 5.02 Å². The minimum absolute atomic E-state index is 0.135. The van der Waals surface area contributed by atoms with Gasteiger partial charge in [0.1, 0.15) is 11.5 Å². The highest BCUT2D eigenvalue weighted by Crippen LogP contribution is 2.27. The molecule has 0 atom stereocenters. The van der Waals surface area contributed by atoms with Gasteiger partial charge < -0.3 is 25.3 Å². The van der Waals surface area contributed by atoms with Crippen molar-refractivity contribution in [3.8, 4) is 11.5 Å². The highest BCUT2D eigenvalue weighted by atomic mass is 35.5. The average molecular weight is 393 g/mol. The Kier molecular flexibility index (Phi) is 7.01. The first-order valence-electron chi connectivity index (χ1n) is 7.71. The molecule has 0 fully saturated rings. The predicted molar refractivity (Wildman–Crippen MR) is 98.0 cm³/mol.